The second kappa shape index (κ2) is 8.31. The first-order chi connectivity index (χ1) is 15.1. The van der Waals surface area contributed by atoms with Crippen LogP contribution in [-0.2, 0) is 0 Å². The fourth-order valence-electron chi connectivity index (χ4n) is 3.95. The average molecular weight is 412 g/mol. The SMILES string of the molecule is CCN1/C(=C(/C#N)c2nc(C#N)c(C#N)nc2N2CC[NH+](C)CC2)Nc2ccccc21. The van der Waals surface area contributed by atoms with Crippen molar-refractivity contribution in [3.05, 3.63) is 47.2 Å². The third-order valence-corrected chi connectivity index (χ3v) is 5.63. The van der Waals surface area contributed by atoms with Crippen LogP contribution in [0.4, 0.5) is 17.2 Å². The summed E-state index contributed by atoms with van der Waals surface area (Å²) < 4.78 is 0. The third kappa shape index (κ3) is 3.50. The first-order valence-corrected chi connectivity index (χ1v) is 10.2. The highest BCUT2D eigenvalue weighted by Gasteiger charge is 2.31. The second-order valence-corrected chi connectivity index (χ2v) is 7.48. The summed E-state index contributed by atoms with van der Waals surface area (Å²) in [4.78, 5) is 14.4. The molecule has 2 aromatic rings. The molecule has 31 heavy (non-hydrogen) atoms. The van der Waals surface area contributed by atoms with Crippen molar-refractivity contribution in [2.75, 3.05) is 54.9 Å². The summed E-state index contributed by atoms with van der Waals surface area (Å²) in [6.07, 6.45) is 0. The van der Waals surface area contributed by atoms with E-state index in [1.165, 1.54) is 4.90 Å². The fraction of sp³-hybridized carbons (Fsp3) is 0.318. The zero-order valence-corrected chi connectivity index (χ0v) is 17.5. The molecule has 0 radical (unpaired) electrons. The maximum Gasteiger partial charge on any atom is 0.179 e. The first kappa shape index (κ1) is 20.2. The number of para-hydroxylation sites is 2. The van der Waals surface area contributed by atoms with E-state index in [1.54, 1.807) is 0 Å². The molecule has 0 unspecified atom stereocenters. The zero-order chi connectivity index (χ0) is 22.0. The van der Waals surface area contributed by atoms with Crippen LogP contribution < -0.4 is 20.0 Å². The van der Waals surface area contributed by atoms with Gasteiger partial charge in [0.1, 0.15) is 35.3 Å². The quantitative estimate of drug-likeness (QED) is 0.707. The summed E-state index contributed by atoms with van der Waals surface area (Å²) in [7, 11) is 2.13. The minimum Gasteiger partial charge on any atom is -0.343 e. The third-order valence-electron chi connectivity index (χ3n) is 5.63. The Labute approximate surface area is 181 Å². The van der Waals surface area contributed by atoms with Crippen molar-refractivity contribution in [3.63, 3.8) is 0 Å². The number of quaternary nitrogens is 1. The summed E-state index contributed by atoms with van der Waals surface area (Å²) in [6.45, 7) is 5.92. The smallest absolute Gasteiger partial charge is 0.179 e. The number of fused-ring (bicyclic) bond motifs is 1. The first-order valence-electron chi connectivity index (χ1n) is 10.2. The molecular weight excluding hydrogens is 390 g/mol. The van der Waals surface area contributed by atoms with Gasteiger partial charge < -0.3 is 20.0 Å². The van der Waals surface area contributed by atoms with Crippen molar-refractivity contribution in [1.82, 2.24) is 9.97 Å². The van der Waals surface area contributed by atoms with Crippen LogP contribution in [0.5, 0.6) is 0 Å². The molecule has 4 rings (SSSR count). The second-order valence-electron chi connectivity index (χ2n) is 7.48. The Hall–Kier alpha value is -4.13. The van der Waals surface area contributed by atoms with E-state index in [0.29, 0.717) is 29.5 Å². The molecule has 9 nitrogen and oxygen atoms in total. The molecule has 0 bridgehead atoms. The predicted octanol–water partition coefficient (Wildman–Crippen LogP) is 0.699. The molecule has 0 spiro atoms. The van der Waals surface area contributed by atoms with Gasteiger partial charge in [-0.3, -0.25) is 0 Å². The molecule has 2 N–H and O–H groups in total. The van der Waals surface area contributed by atoms with E-state index in [0.717, 1.165) is 37.6 Å². The Morgan fingerprint density at radius 1 is 1.10 bits per heavy atom. The van der Waals surface area contributed by atoms with Crippen LogP contribution in [0.3, 0.4) is 0 Å². The highest BCUT2D eigenvalue weighted by atomic mass is 15.3. The highest BCUT2D eigenvalue weighted by molar-refractivity contribution is 5.93. The number of aromatic nitrogens is 2. The normalized spacial score (nSPS) is 17.3. The molecule has 1 aromatic carbocycles. The van der Waals surface area contributed by atoms with Crippen molar-refractivity contribution in [2.24, 2.45) is 0 Å². The van der Waals surface area contributed by atoms with Gasteiger partial charge in [-0.05, 0) is 19.1 Å². The standard InChI is InChI=1S/C22H21N9/c1-3-31-19-7-5-4-6-16(19)27-21(31)15(12-23)20-22(30-10-8-29(2)9-11-30)28-18(14-25)17(13-24)26-20/h4-7,27H,3,8-11H2,1-2H3/p+1/b21-15-. The Bertz CT molecular complexity index is 1170. The molecule has 1 saturated heterocycles. The van der Waals surface area contributed by atoms with Gasteiger partial charge >= 0.3 is 0 Å². The lowest BCUT2D eigenvalue weighted by molar-refractivity contribution is -0.880. The molecule has 0 amide bonds. The number of anilines is 3. The summed E-state index contributed by atoms with van der Waals surface area (Å²) >= 11 is 0. The molecule has 1 fully saturated rings. The molecule has 3 heterocycles. The molecule has 1 aromatic heterocycles. The highest BCUT2D eigenvalue weighted by Crippen LogP contribution is 2.39. The van der Waals surface area contributed by atoms with Crippen molar-refractivity contribution in [2.45, 2.75) is 6.92 Å². The molecule has 2 aliphatic heterocycles. The molecule has 0 atom stereocenters. The monoisotopic (exact) mass is 412 g/mol. The van der Waals surface area contributed by atoms with Gasteiger partial charge in [0.2, 0.25) is 0 Å². The number of allylic oxidation sites excluding steroid dienone is 1. The van der Waals surface area contributed by atoms with Crippen molar-refractivity contribution in [1.29, 1.82) is 15.8 Å². The number of hydrogen-bond donors (Lipinski definition) is 2. The van der Waals surface area contributed by atoms with Crippen LogP contribution in [0.25, 0.3) is 5.57 Å². The average Bonchev–Trinajstić information content (AvgIpc) is 3.18. The van der Waals surface area contributed by atoms with Crippen LogP contribution in [0.2, 0.25) is 0 Å². The van der Waals surface area contributed by atoms with E-state index >= 15 is 0 Å². The zero-order valence-electron chi connectivity index (χ0n) is 17.5. The minimum atomic E-state index is -0.0760. The number of piperazine rings is 1. The number of rotatable bonds is 3. The summed E-state index contributed by atoms with van der Waals surface area (Å²) in [5.74, 6) is 1.08. The van der Waals surface area contributed by atoms with Gasteiger partial charge in [0.25, 0.3) is 0 Å². The maximum absolute atomic E-state index is 10.2. The van der Waals surface area contributed by atoms with Gasteiger partial charge in [0, 0.05) is 6.54 Å². The van der Waals surface area contributed by atoms with Crippen LogP contribution in [0.1, 0.15) is 24.0 Å². The van der Waals surface area contributed by atoms with E-state index in [4.69, 9.17) is 0 Å². The summed E-state index contributed by atoms with van der Waals surface area (Å²) in [5, 5.41) is 32.5. The lowest BCUT2D eigenvalue weighted by atomic mass is 10.1. The Morgan fingerprint density at radius 2 is 1.77 bits per heavy atom. The van der Waals surface area contributed by atoms with Gasteiger partial charge in [-0.25, -0.2) is 9.97 Å². The number of likely N-dealkylation sites (N-methyl/N-ethyl adjacent to an activating group) is 1. The molecule has 0 aliphatic carbocycles. The van der Waals surface area contributed by atoms with Gasteiger partial charge in [0.15, 0.2) is 17.2 Å². The van der Waals surface area contributed by atoms with Crippen molar-refractivity contribution < 1.29 is 4.90 Å². The lowest BCUT2D eigenvalue weighted by Crippen LogP contribution is -3.12. The topological polar surface area (TPSA) is 120 Å². The van der Waals surface area contributed by atoms with E-state index in [-0.39, 0.29) is 11.4 Å². The lowest BCUT2D eigenvalue weighted by Gasteiger charge is -2.32. The number of benzene rings is 1. The van der Waals surface area contributed by atoms with E-state index in [9.17, 15) is 15.8 Å². The molecule has 9 heteroatoms. The number of nitrogens with one attached hydrogen (secondary N) is 2. The Kier molecular flexibility index (Phi) is 5.41. The van der Waals surface area contributed by atoms with Crippen LogP contribution >= 0.6 is 0 Å². The number of nitrogens with zero attached hydrogens (tertiary/aromatic N) is 7. The van der Waals surface area contributed by atoms with Crippen molar-refractivity contribution >= 4 is 22.8 Å². The number of nitriles is 3. The van der Waals surface area contributed by atoms with Gasteiger partial charge in [-0.15, -0.1) is 0 Å². The van der Waals surface area contributed by atoms with Gasteiger partial charge in [0.05, 0.1) is 44.6 Å². The number of hydrogen-bond acceptors (Lipinski definition) is 8. The molecule has 154 valence electrons. The largest absolute Gasteiger partial charge is 0.343 e. The molecular formula is C22H22N9+. The Morgan fingerprint density at radius 3 is 2.42 bits per heavy atom. The summed E-state index contributed by atoms with van der Waals surface area (Å²) in [6, 6.07) is 14.0. The fourth-order valence-corrected chi connectivity index (χ4v) is 3.95. The predicted molar refractivity (Wildman–Crippen MR) is 116 cm³/mol. The Balaban J connectivity index is 1.91. The van der Waals surface area contributed by atoms with Crippen molar-refractivity contribution in [3.8, 4) is 18.2 Å². The van der Waals surface area contributed by atoms with Crippen LogP contribution in [-0.4, -0.2) is 49.7 Å². The van der Waals surface area contributed by atoms with Gasteiger partial charge in [-0.2, -0.15) is 15.8 Å². The van der Waals surface area contributed by atoms with Gasteiger partial charge in [-0.1, -0.05) is 12.1 Å². The van der Waals surface area contributed by atoms with Crippen LogP contribution in [0.15, 0.2) is 30.1 Å². The van der Waals surface area contributed by atoms with E-state index in [2.05, 4.69) is 28.4 Å². The molecule has 0 saturated carbocycles. The minimum absolute atomic E-state index is 0.0233. The van der Waals surface area contributed by atoms with E-state index < -0.39 is 0 Å². The van der Waals surface area contributed by atoms with Crippen LogP contribution in [0, 0.1) is 34.0 Å². The maximum atomic E-state index is 10.2. The molecule has 2 aliphatic rings. The van der Waals surface area contributed by atoms with E-state index in [1.807, 2.05) is 53.1 Å². The summed E-state index contributed by atoms with van der Waals surface area (Å²) in [5.41, 5.74) is 2.40.